The molecular formula is C28H38ClN7O4. The maximum absolute atomic E-state index is 13.5. The number of likely N-dealkylation sites (N-methyl/N-ethyl adjacent to an activating group) is 1. The molecule has 3 rings (SSSR count). The Labute approximate surface area is 240 Å². The monoisotopic (exact) mass is 571 g/mol. The molecule has 0 aliphatic rings. The molecule has 0 aliphatic carbocycles. The minimum absolute atomic E-state index is 0. The summed E-state index contributed by atoms with van der Waals surface area (Å²) in [6, 6.07) is 11.4. The van der Waals surface area contributed by atoms with Gasteiger partial charge in [-0.1, -0.05) is 13.0 Å². The van der Waals surface area contributed by atoms with Gasteiger partial charge in [0.05, 0.1) is 23.0 Å². The number of amides is 1. The highest BCUT2D eigenvalue weighted by Crippen LogP contribution is 2.29. The first-order valence-corrected chi connectivity index (χ1v) is 12.8. The first-order valence-electron chi connectivity index (χ1n) is 12.8. The molecule has 40 heavy (non-hydrogen) atoms. The minimum Gasteiger partial charge on any atom is -0.480 e. The molecule has 2 aromatic carbocycles. The topological polar surface area (TPSA) is 166 Å². The summed E-state index contributed by atoms with van der Waals surface area (Å²) >= 11 is 0. The van der Waals surface area contributed by atoms with Gasteiger partial charge in [-0.05, 0) is 55.8 Å². The number of aromatic nitrogens is 2. The van der Waals surface area contributed by atoms with Crippen LogP contribution in [0.15, 0.2) is 42.5 Å². The molecule has 3 aromatic rings. The standard InChI is InChI=1S/C28H37N7O4.ClH/c1-6-22(36)24(26(37)38)32-16-28(3,27(39)34(4)7-2)18-10-13-21-20(14-18)33-23(35(21)5)15-31-19-11-8-17(9-12-19)25(29)30;/h8-14,24,31-32H,6-7,15-16H2,1-5H3,(H3,29,30)(H,37,38);1H. The van der Waals surface area contributed by atoms with Crippen LogP contribution in [0.3, 0.4) is 0 Å². The van der Waals surface area contributed by atoms with E-state index in [-0.39, 0.29) is 37.1 Å². The van der Waals surface area contributed by atoms with Crippen molar-refractivity contribution in [3.63, 3.8) is 0 Å². The number of halogens is 1. The third kappa shape index (κ3) is 6.78. The van der Waals surface area contributed by atoms with Crippen LogP contribution >= 0.6 is 12.4 Å². The molecule has 0 fully saturated rings. The lowest BCUT2D eigenvalue weighted by atomic mass is 9.80. The number of nitrogens with one attached hydrogen (secondary N) is 3. The van der Waals surface area contributed by atoms with Crippen LogP contribution in [-0.2, 0) is 33.4 Å². The van der Waals surface area contributed by atoms with E-state index in [9.17, 15) is 19.5 Å². The van der Waals surface area contributed by atoms with Gasteiger partial charge >= 0.3 is 5.97 Å². The average Bonchev–Trinajstić information content (AvgIpc) is 3.25. The molecule has 1 aromatic heterocycles. The van der Waals surface area contributed by atoms with Crippen LogP contribution in [-0.4, -0.2) is 69.2 Å². The van der Waals surface area contributed by atoms with Crippen molar-refractivity contribution >= 4 is 52.6 Å². The summed E-state index contributed by atoms with van der Waals surface area (Å²) < 4.78 is 1.96. The molecule has 0 aliphatic heterocycles. The van der Waals surface area contributed by atoms with Gasteiger partial charge < -0.3 is 25.6 Å². The summed E-state index contributed by atoms with van der Waals surface area (Å²) in [5.74, 6) is -1.14. The molecule has 0 saturated heterocycles. The van der Waals surface area contributed by atoms with Gasteiger partial charge in [0.15, 0.2) is 11.8 Å². The number of fused-ring (bicyclic) bond motifs is 1. The predicted molar refractivity (Wildman–Crippen MR) is 158 cm³/mol. The molecule has 216 valence electrons. The molecule has 0 spiro atoms. The van der Waals surface area contributed by atoms with Crippen molar-refractivity contribution in [1.29, 1.82) is 5.41 Å². The number of carboxylic acid groups (broad SMARTS) is 1. The van der Waals surface area contributed by atoms with Gasteiger partial charge in [0.1, 0.15) is 11.7 Å². The number of nitrogen functional groups attached to an aromatic ring is 1. The van der Waals surface area contributed by atoms with Crippen molar-refractivity contribution in [3.8, 4) is 0 Å². The Morgan fingerprint density at radius 2 is 1.82 bits per heavy atom. The fourth-order valence-electron chi connectivity index (χ4n) is 4.41. The average molecular weight is 572 g/mol. The van der Waals surface area contributed by atoms with Crippen LogP contribution in [0.2, 0.25) is 0 Å². The van der Waals surface area contributed by atoms with E-state index >= 15 is 0 Å². The fourth-order valence-corrected chi connectivity index (χ4v) is 4.41. The van der Waals surface area contributed by atoms with Gasteiger partial charge in [-0.25, -0.2) is 4.98 Å². The van der Waals surface area contributed by atoms with Gasteiger partial charge in [-0.3, -0.25) is 25.1 Å². The van der Waals surface area contributed by atoms with Crippen molar-refractivity contribution in [1.82, 2.24) is 19.8 Å². The predicted octanol–water partition coefficient (Wildman–Crippen LogP) is 2.65. The smallest absolute Gasteiger partial charge is 0.328 e. The maximum atomic E-state index is 13.5. The number of aryl methyl sites for hydroxylation is 1. The van der Waals surface area contributed by atoms with E-state index in [2.05, 4.69) is 10.6 Å². The first kappa shape index (κ1) is 32.3. The second kappa shape index (κ2) is 13.4. The SMILES string of the molecule is CCC(=O)C(NCC(C)(C(=O)N(C)CC)c1ccc2c(c1)nc(CNc1ccc(C(=N)N)cc1)n2C)C(=O)O.Cl. The van der Waals surface area contributed by atoms with Crippen LogP contribution in [0.5, 0.6) is 0 Å². The van der Waals surface area contributed by atoms with Gasteiger partial charge in [-0.15, -0.1) is 12.4 Å². The fraction of sp³-hybridized carbons (Fsp3) is 0.393. The number of anilines is 1. The zero-order valence-corrected chi connectivity index (χ0v) is 24.3. The van der Waals surface area contributed by atoms with E-state index in [0.717, 1.165) is 17.0 Å². The zero-order chi connectivity index (χ0) is 28.9. The van der Waals surface area contributed by atoms with Crippen LogP contribution < -0.4 is 16.4 Å². The van der Waals surface area contributed by atoms with E-state index in [4.69, 9.17) is 16.1 Å². The van der Waals surface area contributed by atoms with Gasteiger partial charge in [0, 0.05) is 44.9 Å². The minimum atomic E-state index is -1.39. The quantitative estimate of drug-likeness (QED) is 0.119. The largest absolute Gasteiger partial charge is 0.480 e. The lowest BCUT2D eigenvalue weighted by molar-refractivity contribution is -0.144. The Morgan fingerprint density at radius 1 is 1.18 bits per heavy atom. The number of amidine groups is 1. The number of imidazole rings is 1. The number of carbonyl (C=O) groups excluding carboxylic acids is 2. The van der Waals surface area contributed by atoms with Crippen LogP contribution in [0, 0.1) is 5.41 Å². The van der Waals surface area contributed by atoms with Crippen molar-refractivity contribution < 1.29 is 19.5 Å². The summed E-state index contributed by atoms with van der Waals surface area (Å²) in [6.07, 6.45) is 0.0705. The summed E-state index contributed by atoms with van der Waals surface area (Å²) in [4.78, 5) is 43.9. The van der Waals surface area contributed by atoms with Crippen LogP contribution in [0.4, 0.5) is 5.69 Å². The molecule has 1 heterocycles. The molecule has 11 nitrogen and oxygen atoms in total. The van der Waals surface area contributed by atoms with Gasteiger partial charge in [0.2, 0.25) is 5.91 Å². The maximum Gasteiger partial charge on any atom is 0.328 e. The van der Waals surface area contributed by atoms with E-state index in [1.807, 2.05) is 48.9 Å². The number of aliphatic carboxylic acids is 1. The number of rotatable bonds is 13. The van der Waals surface area contributed by atoms with Crippen molar-refractivity contribution in [2.45, 2.75) is 45.2 Å². The Bertz CT molecular complexity index is 1390. The summed E-state index contributed by atoms with van der Waals surface area (Å²) in [6.45, 7) is 6.09. The number of nitrogens with two attached hydrogens (primary N) is 1. The third-order valence-corrected chi connectivity index (χ3v) is 7.13. The van der Waals surface area contributed by atoms with Crippen molar-refractivity contribution in [2.75, 3.05) is 25.5 Å². The summed E-state index contributed by atoms with van der Waals surface area (Å²) in [5, 5.41) is 23.2. The second-order valence-electron chi connectivity index (χ2n) is 9.76. The van der Waals surface area contributed by atoms with Crippen LogP contribution in [0.25, 0.3) is 11.0 Å². The molecule has 0 bridgehead atoms. The van der Waals surface area contributed by atoms with E-state index < -0.39 is 23.2 Å². The Balaban J connectivity index is 0.00000560. The van der Waals surface area contributed by atoms with Crippen molar-refractivity contribution in [2.24, 2.45) is 12.8 Å². The van der Waals surface area contributed by atoms with Crippen molar-refractivity contribution in [3.05, 3.63) is 59.4 Å². The number of carbonyl (C=O) groups is 3. The molecule has 1 amide bonds. The molecule has 2 unspecified atom stereocenters. The van der Waals surface area contributed by atoms with E-state index in [0.29, 0.717) is 29.7 Å². The third-order valence-electron chi connectivity index (χ3n) is 7.13. The molecular weight excluding hydrogens is 534 g/mol. The number of carboxylic acids is 1. The van der Waals surface area contributed by atoms with E-state index in [1.54, 1.807) is 37.9 Å². The molecule has 6 N–H and O–H groups in total. The lowest BCUT2D eigenvalue weighted by Crippen LogP contribution is -2.54. The second-order valence-corrected chi connectivity index (χ2v) is 9.76. The number of ketones is 1. The highest BCUT2D eigenvalue weighted by molar-refractivity contribution is 6.02. The summed E-state index contributed by atoms with van der Waals surface area (Å²) in [7, 11) is 3.61. The Hall–Kier alpha value is -3.96. The lowest BCUT2D eigenvalue weighted by Gasteiger charge is -2.34. The number of Topliss-reactive ketones (excluding diaryl/α,β-unsaturated/α-hetero) is 1. The molecule has 0 saturated carbocycles. The van der Waals surface area contributed by atoms with Crippen LogP contribution in [0.1, 0.15) is 44.1 Å². The highest BCUT2D eigenvalue weighted by Gasteiger charge is 2.39. The van der Waals surface area contributed by atoms with E-state index in [1.165, 1.54) is 0 Å². The first-order chi connectivity index (χ1) is 18.4. The zero-order valence-electron chi connectivity index (χ0n) is 23.4. The molecule has 12 heteroatoms. The number of benzene rings is 2. The normalized spacial score (nSPS) is 13.1. The van der Waals surface area contributed by atoms with Gasteiger partial charge in [-0.2, -0.15) is 0 Å². The summed E-state index contributed by atoms with van der Waals surface area (Å²) in [5.41, 5.74) is 8.11. The highest BCUT2D eigenvalue weighted by atomic mass is 35.5. The number of hydrogen-bond acceptors (Lipinski definition) is 7. The van der Waals surface area contributed by atoms with Gasteiger partial charge in [0.25, 0.3) is 0 Å². The molecule has 2 atom stereocenters. The number of hydrogen-bond donors (Lipinski definition) is 5. The Morgan fingerprint density at radius 3 is 2.38 bits per heavy atom. The molecule has 0 radical (unpaired) electrons. The number of nitrogens with zero attached hydrogens (tertiary/aromatic N) is 3. The Kier molecular flexibility index (Phi) is 10.8.